The van der Waals surface area contributed by atoms with Crippen LogP contribution in [0.2, 0.25) is 0 Å². The number of aromatic carboxylic acids is 1. The second-order valence-electron chi connectivity index (χ2n) is 4.51. The fourth-order valence-electron chi connectivity index (χ4n) is 2.00. The van der Waals surface area contributed by atoms with E-state index in [1.54, 1.807) is 0 Å². The summed E-state index contributed by atoms with van der Waals surface area (Å²) in [4.78, 5) is 22.0. The van der Waals surface area contributed by atoms with E-state index < -0.39 is 36.8 Å². The zero-order valence-electron chi connectivity index (χ0n) is 9.95. The predicted molar refractivity (Wildman–Crippen MR) is 58.8 cm³/mol. The molecule has 0 bridgehead atoms. The van der Waals surface area contributed by atoms with Crippen molar-refractivity contribution in [2.24, 2.45) is 0 Å². The normalized spacial score (nSPS) is 17.5. The number of nitrogens with zero attached hydrogens (tertiary/aromatic N) is 1. The number of alkyl halides is 4. The molecule has 4 nitrogen and oxygen atoms in total. The molecule has 2 rings (SSSR count). The topological polar surface area (TPSA) is 57.6 Å². The molecule has 20 heavy (non-hydrogen) atoms. The van der Waals surface area contributed by atoms with E-state index in [-0.39, 0.29) is 11.1 Å². The number of likely N-dealkylation sites (tertiary alicyclic amines) is 1. The number of carboxylic acid groups (broad SMARTS) is 1. The number of carbonyl (C=O) groups is 2. The van der Waals surface area contributed by atoms with Crippen LogP contribution in [0.1, 0.15) is 15.9 Å². The van der Waals surface area contributed by atoms with Crippen LogP contribution in [0.3, 0.4) is 0 Å². The summed E-state index contributed by atoms with van der Waals surface area (Å²) in [5, 5.41) is 8.78. The van der Waals surface area contributed by atoms with E-state index in [1.165, 1.54) is 18.2 Å². The van der Waals surface area contributed by atoms with Gasteiger partial charge in [-0.05, 0) is 17.7 Å². The standard InChI is InChI=1S/C12H9F4NO3/c13-11(5-17(6-11)10(20)12(14,15)16)8-3-1-2-7(4-8)9(18)19/h1-4H,5-6H2,(H,18,19). The maximum Gasteiger partial charge on any atom is 0.471 e. The maximum absolute atomic E-state index is 14.3. The lowest BCUT2D eigenvalue weighted by Gasteiger charge is -2.44. The minimum atomic E-state index is -5.04. The summed E-state index contributed by atoms with van der Waals surface area (Å²) in [6, 6.07) is 4.88. The van der Waals surface area contributed by atoms with Crippen molar-refractivity contribution in [1.29, 1.82) is 0 Å². The molecule has 0 unspecified atom stereocenters. The van der Waals surface area contributed by atoms with Gasteiger partial charge < -0.3 is 10.0 Å². The molecule has 0 atom stereocenters. The van der Waals surface area contributed by atoms with Gasteiger partial charge in [-0.1, -0.05) is 12.1 Å². The number of carboxylic acids is 1. The van der Waals surface area contributed by atoms with Crippen molar-refractivity contribution in [2.45, 2.75) is 11.8 Å². The smallest absolute Gasteiger partial charge is 0.471 e. The molecule has 1 saturated heterocycles. The highest BCUT2D eigenvalue weighted by atomic mass is 19.4. The van der Waals surface area contributed by atoms with Gasteiger partial charge in [-0.15, -0.1) is 0 Å². The summed E-state index contributed by atoms with van der Waals surface area (Å²) in [7, 11) is 0. The van der Waals surface area contributed by atoms with Crippen LogP contribution in [0.25, 0.3) is 0 Å². The van der Waals surface area contributed by atoms with Gasteiger partial charge in [0, 0.05) is 0 Å². The largest absolute Gasteiger partial charge is 0.478 e. The van der Waals surface area contributed by atoms with E-state index in [2.05, 4.69) is 0 Å². The van der Waals surface area contributed by atoms with Crippen LogP contribution >= 0.6 is 0 Å². The summed E-state index contributed by atoms with van der Waals surface area (Å²) in [5.74, 6) is -3.36. The van der Waals surface area contributed by atoms with Gasteiger partial charge in [-0.2, -0.15) is 13.2 Å². The number of halogens is 4. The lowest BCUT2D eigenvalue weighted by atomic mass is 9.87. The molecule has 0 spiro atoms. The predicted octanol–water partition coefficient (Wildman–Crippen LogP) is 1.95. The second kappa shape index (κ2) is 4.46. The van der Waals surface area contributed by atoms with Crippen LogP contribution in [-0.2, 0) is 10.5 Å². The molecular weight excluding hydrogens is 282 g/mol. The third-order valence-corrected chi connectivity index (χ3v) is 3.04. The van der Waals surface area contributed by atoms with E-state index in [1.807, 2.05) is 0 Å². The van der Waals surface area contributed by atoms with Gasteiger partial charge in [0.05, 0.1) is 18.7 Å². The average molecular weight is 291 g/mol. The molecule has 1 heterocycles. The molecule has 1 aromatic carbocycles. The van der Waals surface area contributed by atoms with Crippen LogP contribution in [-0.4, -0.2) is 41.1 Å². The number of hydrogen-bond donors (Lipinski definition) is 1. The Hall–Kier alpha value is -2.12. The fourth-order valence-corrected chi connectivity index (χ4v) is 2.00. The molecule has 1 fully saturated rings. The Kier molecular flexibility index (Phi) is 3.19. The molecular formula is C12H9F4NO3. The van der Waals surface area contributed by atoms with Crippen LogP contribution in [0.5, 0.6) is 0 Å². The van der Waals surface area contributed by atoms with Crippen molar-refractivity contribution in [1.82, 2.24) is 4.90 Å². The fraction of sp³-hybridized carbons (Fsp3) is 0.333. The SMILES string of the molecule is O=C(O)c1cccc(C2(F)CN(C(=O)C(F)(F)F)C2)c1. The molecule has 1 N–H and O–H groups in total. The Labute approximate surface area is 110 Å². The molecule has 0 aromatic heterocycles. The zero-order chi connectivity index (χ0) is 15.1. The van der Waals surface area contributed by atoms with Crippen LogP contribution < -0.4 is 0 Å². The van der Waals surface area contributed by atoms with Crippen LogP contribution in [0.4, 0.5) is 17.6 Å². The Morgan fingerprint density at radius 2 is 1.85 bits per heavy atom. The summed E-state index contributed by atoms with van der Waals surface area (Å²) >= 11 is 0. The van der Waals surface area contributed by atoms with E-state index in [0.717, 1.165) is 6.07 Å². The quantitative estimate of drug-likeness (QED) is 0.847. The van der Waals surface area contributed by atoms with Crippen LogP contribution in [0, 0.1) is 0 Å². The van der Waals surface area contributed by atoms with Crippen molar-refractivity contribution >= 4 is 11.9 Å². The first-order chi connectivity index (χ1) is 9.13. The highest BCUT2D eigenvalue weighted by Crippen LogP contribution is 2.38. The monoisotopic (exact) mass is 291 g/mol. The third-order valence-electron chi connectivity index (χ3n) is 3.04. The van der Waals surface area contributed by atoms with E-state index in [0.29, 0.717) is 4.90 Å². The first kappa shape index (κ1) is 14.3. The van der Waals surface area contributed by atoms with Crippen molar-refractivity contribution in [3.05, 3.63) is 35.4 Å². The Morgan fingerprint density at radius 3 is 2.35 bits per heavy atom. The van der Waals surface area contributed by atoms with Gasteiger partial charge in [0.1, 0.15) is 0 Å². The van der Waals surface area contributed by atoms with Gasteiger partial charge in [0.15, 0.2) is 5.67 Å². The highest BCUT2D eigenvalue weighted by molar-refractivity contribution is 5.88. The summed E-state index contributed by atoms with van der Waals surface area (Å²) < 4.78 is 50.8. The first-order valence-electron chi connectivity index (χ1n) is 5.52. The summed E-state index contributed by atoms with van der Waals surface area (Å²) in [6.07, 6.45) is -5.04. The summed E-state index contributed by atoms with van der Waals surface area (Å²) in [5.41, 5.74) is -2.37. The Balaban J connectivity index is 2.15. The summed E-state index contributed by atoms with van der Waals surface area (Å²) in [6.45, 7) is -1.48. The molecule has 1 amide bonds. The van der Waals surface area contributed by atoms with Gasteiger partial charge >= 0.3 is 18.1 Å². The number of rotatable bonds is 2. The molecule has 1 aliphatic heterocycles. The van der Waals surface area contributed by atoms with Crippen molar-refractivity contribution in [3.8, 4) is 0 Å². The van der Waals surface area contributed by atoms with Crippen molar-refractivity contribution in [2.75, 3.05) is 13.1 Å². The lowest BCUT2D eigenvalue weighted by molar-refractivity contribution is -0.198. The van der Waals surface area contributed by atoms with Gasteiger partial charge in [0.25, 0.3) is 0 Å². The molecule has 8 heteroatoms. The molecule has 0 saturated carbocycles. The number of benzene rings is 1. The van der Waals surface area contributed by atoms with Crippen molar-refractivity contribution < 1.29 is 32.3 Å². The molecule has 0 radical (unpaired) electrons. The number of amides is 1. The van der Waals surface area contributed by atoms with Gasteiger partial charge in [-0.3, -0.25) is 4.79 Å². The molecule has 1 aliphatic rings. The minimum absolute atomic E-state index is 0.0522. The third kappa shape index (κ3) is 2.45. The second-order valence-corrected chi connectivity index (χ2v) is 4.51. The van der Waals surface area contributed by atoms with Crippen molar-refractivity contribution in [3.63, 3.8) is 0 Å². The van der Waals surface area contributed by atoms with Gasteiger partial charge in [-0.25, -0.2) is 9.18 Å². The average Bonchev–Trinajstić information content (AvgIpc) is 2.33. The number of hydrogen-bond acceptors (Lipinski definition) is 2. The lowest BCUT2D eigenvalue weighted by Crippen LogP contribution is -2.61. The Bertz CT molecular complexity index is 564. The van der Waals surface area contributed by atoms with E-state index in [9.17, 15) is 27.2 Å². The highest BCUT2D eigenvalue weighted by Gasteiger charge is 2.54. The minimum Gasteiger partial charge on any atom is -0.478 e. The first-order valence-corrected chi connectivity index (χ1v) is 5.52. The number of carbonyl (C=O) groups excluding carboxylic acids is 1. The van der Waals surface area contributed by atoms with E-state index in [4.69, 9.17) is 5.11 Å². The van der Waals surface area contributed by atoms with E-state index >= 15 is 0 Å². The zero-order valence-corrected chi connectivity index (χ0v) is 9.95. The molecule has 0 aliphatic carbocycles. The maximum atomic E-state index is 14.3. The molecule has 1 aromatic rings. The van der Waals surface area contributed by atoms with Gasteiger partial charge in [0.2, 0.25) is 0 Å². The Morgan fingerprint density at radius 1 is 1.25 bits per heavy atom. The molecule has 108 valence electrons. The van der Waals surface area contributed by atoms with Crippen LogP contribution in [0.15, 0.2) is 24.3 Å².